The lowest BCUT2D eigenvalue weighted by molar-refractivity contribution is -0.120. The van der Waals surface area contributed by atoms with Crippen molar-refractivity contribution >= 4 is 22.7 Å². The summed E-state index contributed by atoms with van der Waals surface area (Å²) in [6.45, 7) is 3.00. The van der Waals surface area contributed by atoms with E-state index in [1.54, 1.807) is 0 Å². The first kappa shape index (κ1) is 16.6. The molecule has 0 bridgehead atoms. The molecule has 26 heavy (non-hydrogen) atoms. The number of hydrogen-bond donors (Lipinski definition) is 2. The van der Waals surface area contributed by atoms with Crippen LogP contribution in [0.4, 0.5) is 5.69 Å². The van der Waals surface area contributed by atoms with E-state index >= 15 is 0 Å². The molecule has 0 saturated carbocycles. The van der Waals surface area contributed by atoms with Crippen LogP contribution < -0.4 is 15.4 Å². The first-order chi connectivity index (χ1) is 12.7. The van der Waals surface area contributed by atoms with Gasteiger partial charge in [-0.05, 0) is 35.4 Å². The lowest BCUT2D eigenvalue weighted by Crippen LogP contribution is -2.54. The number of hydrogen-bond acceptors (Lipinski definition) is 4. The Labute approximate surface area is 153 Å². The SMILES string of the molecule is CC(NCC1(C=O)CNc2ccccc2O1)c1cccc2ccccc12. The normalized spacial score (nSPS) is 19.9. The van der Waals surface area contributed by atoms with Crippen molar-refractivity contribution in [1.29, 1.82) is 0 Å². The fraction of sp³-hybridized carbons (Fsp3) is 0.227. The van der Waals surface area contributed by atoms with E-state index < -0.39 is 5.60 Å². The molecule has 1 aliphatic heterocycles. The molecule has 4 nitrogen and oxygen atoms in total. The predicted molar refractivity (Wildman–Crippen MR) is 105 cm³/mol. The minimum absolute atomic E-state index is 0.0960. The fourth-order valence-corrected chi connectivity index (χ4v) is 3.47. The maximum Gasteiger partial charge on any atom is 0.193 e. The van der Waals surface area contributed by atoms with E-state index in [0.29, 0.717) is 18.8 Å². The third-order valence-corrected chi connectivity index (χ3v) is 4.99. The minimum atomic E-state index is -0.910. The van der Waals surface area contributed by atoms with E-state index in [0.717, 1.165) is 12.0 Å². The Hall–Kier alpha value is -2.85. The highest BCUT2D eigenvalue weighted by molar-refractivity contribution is 5.86. The molecule has 132 valence electrons. The van der Waals surface area contributed by atoms with E-state index in [1.165, 1.54) is 16.3 Å². The molecule has 0 fully saturated rings. The van der Waals surface area contributed by atoms with Gasteiger partial charge in [0.25, 0.3) is 0 Å². The van der Waals surface area contributed by atoms with Crippen LogP contribution in [-0.4, -0.2) is 25.0 Å². The van der Waals surface area contributed by atoms with Crippen LogP contribution in [0.1, 0.15) is 18.5 Å². The molecule has 4 rings (SSSR count). The van der Waals surface area contributed by atoms with Gasteiger partial charge in [0.2, 0.25) is 0 Å². The lowest BCUT2D eigenvalue weighted by atomic mass is 9.98. The van der Waals surface area contributed by atoms with Crippen LogP contribution in [0.3, 0.4) is 0 Å². The van der Waals surface area contributed by atoms with Gasteiger partial charge in [0.1, 0.15) is 5.75 Å². The van der Waals surface area contributed by atoms with Crippen molar-refractivity contribution < 1.29 is 9.53 Å². The van der Waals surface area contributed by atoms with Crippen LogP contribution in [0.5, 0.6) is 5.75 Å². The Morgan fingerprint density at radius 1 is 1.12 bits per heavy atom. The molecular weight excluding hydrogens is 324 g/mol. The molecule has 3 aromatic carbocycles. The third kappa shape index (κ3) is 3.04. The number of rotatable bonds is 5. The van der Waals surface area contributed by atoms with Crippen molar-refractivity contribution in [2.24, 2.45) is 0 Å². The maximum absolute atomic E-state index is 11.8. The number of ether oxygens (including phenoxy) is 1. The van der Waals surface area contributed by atoms with Crippen molar-refractivity contribution in [1.82, 2.24) is 5.32 Å². The predicted octanol–water partition coefficient (Wildman–Crippen LogP) is 3.93. The zero-order valence-corrected chi connectivity index (χ0v) is 14.7. The Bertz CT molecular complexity index is 935. The summed E-state index contributed by atoms with van der Waals surface area (Å²) in [6.07, 6.45) is 0.902. The zero-order chi connectivity index (χ0) is 18.0. The number of carbonyl (C=O) groups excluding carboxylic acids is 1. The van der Waals surface area contributed by atoms with E-state index in [-0.39, 0.29) is 6.04 Å². The topological polar surface area (TPSA) is 50.4 Å². The summed E-state index contributed by atoms with van der Waals surface area (Å²) in [5, 5.41) is 9.23. The fourth-order valence-electron chi connectivity index (χ4n) is 3.47. The van der Waals surface area contributed by atoms with Crippen molar-refractivity contribution in [3.8, 4) is 5.75 Å². The lowest BCUT2D eigenvalue weighted by Gasteiger charge is -2.36. The smallest absolute Gasteiger partial charge is 0.193 e. The second kappa shape index (κ2) is 6.81. The Morgan fingerprint density at radius 3 is 2.77 bits per heavy atom. The Morgan fingerprint density at radius 2 is 1.88 bits per heavy atom. The summed E-state index contributed by atoms with van der Waals surface area (Å²) in [7, 11) is 0. The maximum atomic E-state index is 11.8. The number of carbonyl (C=O) groups is 1. The van der Waals surface area contributed by atoms with Gasteiger partial charge in [0.05, 0.1) is 12.2 Å². The summed E-state index contributed by atoms with van der Waals surface area (Å²) >= 11 is 0. The van der Waals surface area contributed by atoms with Crippen LogP contribution >= 0.6 is 0 Å². The summed E-state index contributed by atoms with van der Waals surface area (Å²) in [5.74, 6) is 0.713. The van der Waals surface area contributed by atoms with Crippen molar-refractivity contribution in [3.63, 3.8) is 0 Å². The molecule has 0 radical (unpaired) electrons. The number of aldehydes is 1. The molecule has 2 N–H and O–H groups in total. The van der Waals surface area contributed by atoms with E-state index in [9.17, 15) is 4.79 Å². The van der Waals surface area contributed by atoms with Gasteiger partial charge >= 0.3 is 0 Å². The molecule has 0 aliphatic carbocycles. The molecule has 0 amide bonds. The average molecular weight is 346 g/mol. The highest BCUT2D eigenvalue weighted by atomic mass is 16.5. The van der Waals surface area contributed by atoms with Gasteiger partial charge < -0.3 is 15.4 Å². The van der Waals surface area contributed by atoms with Gasteiger partial charge in [-0.3, -0.25) is 4.79 Å². The van der Waals surface area contributed by atoms with Crippen LogP contribution in [0.15, 0.2) is 66.7 Å². The molecule has 0 aromatic heterocycles. The summed E-state index contributed by atoms with van der Waals surface area (Å²) < 4.78 is 6.05. The molecule has 0 spiro atoms. The quantitative estimate of drug-likeness (QED) is 0.687. The second-order valence-electron chi connectivity index (χ2n) is 6.81. The van der Waals surface area contributed by atoms with Gasteiger partial charge in [0.15, 0.2) is 11.9 Å². The number of benzene rings is 3. The highest BCUT2D eigenvalue weighted by Crippen LogP contribution is 2.32. The highest BCUT2D eigenvalue weighted by Gasteiger charge is 2.36. The third-order valence-electron chi connectivity index (χ3n) is 4.99. The van der Waals surface area contributed by atoms with Gasteiger partial charge in [-0.2, -0.15) is 0 Å². The van der Waals surface area contributed by atoms with E-state index in [4.69, 9.17) is 4.74 Å². The summed E-state index contributed by atoms with van der Waals surface area (Å²) in [4.78, 5) is 11.8. The van der Waals surface area contributed by atoms with E-state index in [2.05, 4.69) is 54.0 Å². The first-order valence-corrected chi connectivity index (χ1v) is 8.90. The van der Waals surface area contributed by atoms with Gasteiger partial charge in [-0.1, -0.05) is 54.6 Å². The summed E-state index contributed by atoms with van der Waals surface area (Å²) in [6, 6.07) is 22.4. The monoisotopic (exact) mass is 346 g/mol. The molecule has 2 unspecified atom stereocenters. The minimum Gasteiger partial charge on any atom is -0.474 e. The van der Waals surface area contributed by atoms with Crippen LogP contribution in [-0.2, 0) is 4.79 Å². The number of nitrogens with one attached hydrogen (secondary N) is 2. The molecule has 0 saturated heterocycles. The first-order valence-electron chi connectivity index (χ1n) is 8.90. The Kier molecular flexibility index (Phi) is 4.35. The summed E-state index contributed by atoms with van der Waals surface area (Å²) in [5.41, 5.74) is 1.23. The van der Waals surface area contributed by atoms with E-state index in [1.807, 2.05) is 30.3 Å². The molecule has 1 heterocycles. The van der Waals surface area contributed by atoms with Crippen molar-refractivity contribution in [3.05, 3.63) is 72.3 Å². The van der Waals surface area contributed by atoms with Gasteiger partial charge in [-0.15, -0.1) is 0 Å². The van der Waals surface area contributed by atoms with Gasteiger partial charge in [0, 0.05) is 12.6 Å². The number of para-hydroxylation sites is 2. The van der Waals surface area contributed by atoms with Crippen molar-refractivity contribution in [2.75, 3.05) is 18.4 Å². The standard InChI is InChI=1S/C22H22N2O2/c1-16(18-10-6-8-17-7-2-3-9-19(17)18)23-13-22(15-25)14-24-20-11-4-5-12-21(20)26-22/h2-12,15-16,23-24H,13-14H2,1H3. The molecule has 3 aromatic rings. The van der Waals surface area contributed by atoms with Crippen LogP contribution in [0.2, 0.25) is 0 Å². The van der Waals surface area contributed by atoms with Crippen LogP contribution in [0.25, 0.3) is 10.8 Å². The largest absolute Gasteiger partial charge is 0.474 e. The Balaban J connectivity index is 1.53. The van der Waals surface area contributed by atoms with Gasteiger partial charge in [-0.25, -0.2) is 0 Å². The number of fused-ring (bicyclic) bond motifs is 2. The molecule has 1 aliphatic rings. The molecular formula is C22H22N2O2. The van der Waals surface area contributed by atoms with Crippen molar-refractivity contribution in [2.45, 2.75) is 18.6 Å². The molecule has 4 heteroatoms. The second-order valence-corrected chi connectivity index (χ2v) is 6.81. The average Bonchev–Trinajstić information content (AvgIpc) is 2.71. The van der Waals surface area contributed by atoms with Crippen LogP contribution in [0, 0.1) is 0 Å². The number of anilines is 1. The molecule has 2 atom stereocenters. The zero-order valence-electron chi connectivity index (χ0n) is 14.7.